The van der Waals surface area contributed by atoms with Gasteiger partial charge in [-0.2, -0.15) is 0 Å². The maximum absolute atomic E-state index is 12.6. The van der Waals surface area contributed by atoms with Gasteiger partial charge >= 0.3 is 11.9 Å². The van der Waals surface area contributed by atoms with E-state index in [2.05, 4.69) is 4.74 Å². The van der Waals surface area contributed by atoms with Crippen molar-refractivity contribution >= 4 is 21.8 Å². The highest BCUT2D eigenvalue weighted by Gasteiger charge is 2.41. The average Bonchev–Trinajstić information content (AvgIpc) is 3.31. The second-order valence-corrected chi connectivity index (χ2v) is 7.51. The lowest BCUT2D eigenvalue weighted by molar-refractivity contribution is -0.140. The van der Waals surface area contributed by atoms with Crippen LogP contribution >= 0.6 is 0 Å². The number of methoxy groups -OCH3 is 1. The van der Waals surface area contributed by atoms with E-state index in [-0.39, 0.29) is 17.2 Å². The number of rotatable bonds is 7. The molecule has 7 heteroatoms. The Morgan fingerprint density at radius 2 is 2.00 bits per heavy atom. The third-order valence-electron chi connectivity index (χ3n) is 3.80. The number of ether oxygens (including phenoxy) is 1. The standard InChI is InChI=1S/C16H18O6S/c1-22-16(19)14(9-5-6-11-10-13(11)15(17)18)23(20,21)12-7-3-2-4-8-12/h2-8,11,13-14H,9-10H2,1H3,(H,17,18)/b6-5-/t11-,13+,14?/m0/s1. The van der Waals surface area contributed by atoms with Crippen molar-refractivity contribution in [2.45, 2.75) is 23.0 Å². The zero-order valence-corrected chi connectivity index (χ0v) is 13.4. The summed E-state index contributed by atoms with van der Waals surface area (Å²) in [5.74, 6) is -2.19. The molecule has 0 bridgehead atoms. The molecular weight excluding hydrogens is 320 g/mol. The Hall–Kier alpha value is -2.15. The third kappa shape index (κ3) is 3.98. The largest absolute Gasteiger partial charge is 0.481 e. The van der Waals surface area contributed by atoms with Gasteiger partial charge < -0.3 is 9.84 Å². The number of benzene rings is 1. The van der Waals surface area contributed by atoms with Crippen LogP contribution in [0.25, 0.3) is 0 Å². The fourth-order valence-electron chi connectivity index (χ4n) is 2.34. The fraction of sp³-hybridized carbons (Fsp3) is 0.375. The van der Waals surface area contributed by atoms with Crippen LogP contribution in [0.5, 0.6) is 0 Å². The first-order valence-corrected chi connectivity index (χ1v) is 8.68. The zero-order chi connectivity index (χ0) is 17.0. The van der Waals surface area contributed by atoms with Crippen LogP contribution in [0, 0.1) is 11.8 Å². The molecular formula is C16H18O6S. The highest BCUT2D eigenvalue weighted by molar-refractivity contribution is 7.92. The molecule has 0 heterocycles. The minimum Gasteiger partial charge on any atom is -0.481 e. The van der Waals surface area contributed by atoms with Crippen molar-refractivity contribution in [3.8, 4) is 0 Å². The highest BCUT2D eigenvalue weighted by Crippen LogP contribution is 2.39. The van der Waals surface area contributed by atoms with Crippen LogP contribution in [0.1, 0.15) is 12.8 Å². The Balaban J connectivity index is 2.14. The molecule has 0 amide bonds. The molecule has 1 fully saturated rings. The van der Waals surface area contributed by atoms with Gasteiger partial charge in [-0.25, -0.2) is 8.42 Å². The number of sulfone groups is 1. The van der Waals surface area contributed by atoms with Crippen LogP contribution in [-0.4, -0.2) is 37.8 Å². The van der Waals surface area contributed by atoms with E-state index in [0.29, 0.717) is 6.42 Å². The second kappa shape index (κ2) is 6.95. The number of allylic oxidation sites excluding steroid dienone is 2. The SMILES string of the molecule is COC(=O)C(C/C=C\[C@H]1C[C@H]1C(=O)O)S(=O)(=O)c1ccccc1. The zero-order valence-electron chi connectivity index (χ0n) is 12.6. The lowest BCUT2D eigenvalue weighted by Gasteiger charge is -2.14. The van der Waals surface area contributed by atoms with Crippen molar-refractivity contribution in [1.82, 2.24) is 0 Å². The number of carbonyl (C=O) groups excluding carboxylic acids is 1. The predicted molar refractivity (Wildman–Crippen MR) is 82.4 cm³/mol. The number of carbonyl (C=O) groups is 2. The van der Waals surface area contributed by atoms with Crippen molar-refractivity contribution in [2.24, 2.45) is 11.8 Å². The molecule has 0 radical (unpaired) electrons. The quantitative estimate of drug-likeness (QED) is 0.600. The van der Waals surface area contributed by atoms with Crippen LogP contribution < -0.4 is 0 Å². The number of aliphatic carboxylic acids is 1. The number of carboxylic acids is 1. The first kappa shape index (κ1) is 17.2. The molecule has 1 saturated carbocycles. The van der Waals surface area contributed by atoms with Gasteiger partial charge in [0.2, 0.25) is 0 Å². The summed E-state index contributed by atoms with van der Waals surface area (Å²) in [5.41, 5.74) is 0. The maximum Gasteiger partial charge on any atom is 0.324 e. The molecule has 6 nitrogen and oxygen atoms in total. The predicted octanol–water partition coefficient (Wildman–Crippen LogP) is 1.67. The molecule has 0 aliphatic heterocycles. The van der Waals surface area contributed by atoms with Crippen LogP contribution in [0.4, 0.5) is 0 Å². The molecule has 124 valence electrons. The number of carboxylic acid groups (broad SMARTS) is 1. The summed E-state index contributed by atoms with van der Waals surface area (Å²) in [6.07, 6.45) is 3.71. The monoisotopic (exact) mass is 338 g/mol. The molecule has 1 unspecified atom stereocenters. The Kier molecular flexibility index (Phi) is 5.20. The van der Waals surface area contributed by atoms with E-state index in [1.807, 2.05) is 0 Å². The molecule has 1 aromatic rings. The minimum atomic E-state index is -3.86. The molecule has 23 heavy (non-hydrogen) atoms. The molecule has 1 aliphatic rings. The van der Waals surface area contributed by atoms with Crippen molar-refractivity contribution in [2.75, 3.05) is 7.11 Å². The summed E-state index contributed by atoms with van der Waals surface area (Å²) in [4.78, 5) is 22.7. The molecule has 0 spiro atoms. The number of hydrogen-bond acceptors (Lipinski definition) is 5. The van der Waals surface area contributed by atoms with E-state index >= 15 is 0 Å². The number of esters is 1. The Bertz CT molecular complexity index is 707. The van der Waals surface area contributed by atoms with E-state index in [1.54, 1.807) is 30.4 Å². The molecule has 0 saturated heterocycles. The van der Waals surface area contributed by atoms with E-state index in [0.717, 1.165) is 7.11 Å². The van der Waals surface area contributed by atoms with Crippen molar-refractivity contribution in [1.29, 1.82) is 0 Å². The van der Waals surface area contributed by atoms with Gasteiger partial charge in [-0.15, -0.1) is 0 Å². The molecule has 1 aromatic carbocycles. The first-order chi connectivity index (χ1) is 10.9. The Morgan fingerprint density at radius 3 is 2.52 bits per heavy atom. The lowest BCUT2D eigenvalue weighted by atomic mass is 10.2. The van der Waals surface area contributed by atoms with Gasteiger partial charge in [-0.1, -0.05) is 30.4 Å². The molecule has 3 atom stereocenters. The molecule has 0 aromatic heterocycles. The van der Waals surface area contributed by atoms with E-state index in [9.17, 15) is 18.0 Å². The summed E-state index contributed by atoms with van der Waals surface area (Å²) in [5, 5.41) is 7.49. The molecule has 1 aliphatic carbocycles. The van der Waals surface area contributed by atoms with Crippen molar-refractivity contribution in [3.05, 3.63) is 42.5 Å². The highest BCUT2D eigenvalue weighted by atomic mass is 32.2. The van der Waals surface area contributed by atoms with Crippen LogP contribution in [0.2, 0.25) is 0 Å². The van der Waals surface area contributed by atoms with Gasteiger partial charge in [0.25, 0.3) is 0 Å². The smallest absolute Gasteiger partial charge is 0.324 e. The lowest BCUT2D eigenvalue weighted by Crippen LogP contribution is -2.31. The molecule has 2 rings (SSSR count). The summed E-state index contributed by atoms with van der Waals surface area (Å²) >= 11 is 0. The van der Waals surface area contributed by atoms with Crippen molar-refractivity contribution in [3.63, 3.8) is 0 Å². The average molecular weight is 338 g/mol. The summed E-state index contributed by atoms with van der Waals surface area (Å²) in [6, 6.07) is 7.70. The minimum absolute atomic E-state index is 0.0489. The first-order valence-electron chi connectivity index (χ1n) is 7.14. The van der Waals surface area contributed by atoms with E-state index in [4.69, 9.17) is 5.11 Å². The number of hydrogen-bond donors (Lipinski definition) is 1. The van der Waals surface area contributed by atoms with Gasteiger partial charge in [0, 0.05) is 0 Å². The molecule has 1 N–H and O–H groups in total. The maximum atomic E-state index is 12.6. The van der Waals surface area contributed by atoms with Gasteiger partial charge in [-0.05, 0) is 30.9 Å². The van der Waals surface area contributed by atoms with Gasteiger partial charge in [0.1, 0.15) is 0 Å². The van der Waals surface area contributed by atoms with Crippen LogP contribution in [0.3, 0.4) is 0 Å². The van der Waals surface area contributed by atoms with E-state index < -0.39 is 32.9 Å². The summed E-state index contributed by atoms with van der Waals surface area (Å²) in [6.45, 7) is 0. The van der Waals surface area contributed by atoms with Crippen LogP contribution in [0.15, 0.2) is 47.4 Å². The Labute approximate surface area is 134 Å². The topological polar surface area (TPSA) is 97.7 Å². The Morgan fingerprint density at radius 1 is 1.35 bits per heavy atom. The fourth-order valence-corrected chi connectivity index (χ4v) is 3.92. The van der Waals surface area contributed by atoms with Crippen LogP contribution in [-0.2, 0) is 24.2 Å². The van der Waals surface area contributed by atoms with Gasteiger partial charge in [0.05, 0.1) is 17.9 Å². The summed E-state index contributed by atoms with van der Waals surface area (Å²) in [7, 11) is -2.72. The van der Waals surface area contributed by atoms with Gasteiger partial charge in [0.15, 0.2) is 15.1 Å². The van der Waals surface area contributed by atoms with Crippen molar-refractivity contribution < 1.29 is 27.9 Å². The summed E-state index contributed by atoms with van der Waals surface area (Å²) < 4.78 is 29.7. The van der Waals surface area contributed by atoms with E-state index in [1.165, 1.54) is 12.1 Å². The normalized spacial score (nSPS) is 21.8. The van der Waals surface area contributed by atoms with Gasteiger partial charge in [-0.3, -0.25) is 9.59 Å². The third-order valence-corrected chi connectivity index (χ3v) is 5.86. The second-order valence-electron chi connectivity index (χ2n) is 5.38.